The van der Waals surface area contributed by atoms with E-state index in [0.29, 0.717) is 34.7 Å². The van der Waals surface area contributed by atoms with Crippen molar-refractivity contribution in [1.29, 1.82) is 0 Å². The first-order valence-corrected chi connectivity index (χ1v) is 9.67. The van der Waals surface area contributed by atoms with Crippen molar-refractivity contribution < 1.29 is 14.3 Å². The molecule has 6 heteroatoms. The van der Waals surface area contributed by atoms with Crippen LogP contribution < -0.4 is 9.47 Å². The van der Waals surface area contributed by atoms with E-state index in [0.717, 1.165) is 11.3 Å². The van der Waals surface area contributed by atoms with Gasteiger partial charge in [0.25, 0.3) is 5.91 Å². The topological polar surface area (TPSA) is 38.8 Å². The molecule has 3 rings (SSSR count). The van der Waals surface area contributed by atoms with Crippen molar-refractivity contribution in [1.82, 2.24) is 4.90 Å². The lowest BCUT2D eigenvalue weighted by Gasteiger charge is -2.11. The molecule has 2 aromatic rings. The molecule has 0 radical (unpaired) electrons. The van der Waals surface area contributed by atoms with Crippen LogP contribution in [0.2, 0.25) is 0 Å². The molecule has 1 aliphatic rings. The first-order valence-electron chi connectivity index (χ1n) is 8.45. The zero-order valence-electron chi connectivity index (χ0n) is 14.7. The second-order valence-electron chi connectivity index (χ2n) is 5.63. The van der Waals surface area contributed by atoms with Crippen LogP contribution in [0.1, 0.15) is 5.56 Å². The van der Waals surface area contributed by atoms with E-state index in [2.05, 4.69) is 6.58 Å². The predicted octanol–water partition coefficient (Wildman–Crippen LogP) is 4.53. The minimum Gasteiger partial charge on any atom is -0.490 e. The largest absolute Gasteiger partial charge is 0.490 e. The van der Waals surface area contributed by atoms with E-state index in [1.54, 1.807) is 6.08 Å². The molecule has 2 aromatic carbocycles. The normalized spacial score (nSPS) is 15.3. The number of hydrogen-bond donors (Lipinski definition) is 0. The van der Waals surface area contributed by atoms with Crippen LogP contribution in [0.15, 0.2) is 72.2 Å². The van der Waals surface area contributed by atoms with Gasteiger partial charge in [0.1, 0.15) is 29.0 Å². The molecule has 0 aromatic heterocycles. The highest BCUT2D eigenvalue weighted by atomic mass is 32.2. The van der Waals surface area contributed by atoms with Crippen molar-refractivity contribution in [2.45, 2.75) is 0 Å². The Hall–Kier alpha value is -2.57. The molecule has 1 aliphatic heterocycles. The van der Waals surface area contributed by atoms with Crippen LogP contribution in [0.25, 0.3) is 6.08 Å². The number of amides is 1. The monoisotopic (exact) mass is 397 g/mol. The van der Waals surface area contributed by atoms with E-state index < -0.39 is 0 Å². The molecule has 0 aliphatic carbocycles. The summed E-state index contributed by atoms with van der Waals surface area (Å²) in [5.41, 5.74) is 0.830. The fourth-order valence-corrected chi connectivity index (χ4v) is 3.75. The van der Waals surface area contributed by atoms with Crippen LogP contribution in [0.5, 0.6) is 11.5 Å². The average molecular weight is 398 g/mol. The van der Waals surface area contributed by atoms with Gasteiger partial charge in [-0.2, -0.15) is 0 Å². The maximum atomic E-state index is 12.5. The van der Waals surface area contributed by atoms with E-state index >= 15 is 0 Å². The summed E-state index contributed by atoms with van der Waals surface area (Å²) < 4.78 is 12.0. The highest BCUT2D eigenvalue weighted by molar-refractivity contribution is 8.26. The Labute approximate surface area is 168 Å². The fraction of sp³-hybridized carbons (Fsp3) is 0.143. The van der Waals surface area contributed by atoms with Crippen molar-refractivity contribution in [2.24, 2.45) is 0 Å². The Morgan fingerprint density at radius 1 is 1.04 bits per heavy atom. The maximum Gasteiger partial charge on any atom is 0.266 e. The summed E-state index contributed by atoms with van der Waals surface area (Å²) >= 11 is 6.56. The molecule has 138 valence electrons. The van der Waals surface area contributed by atoms with E-state index in [-0.39, 0.29) is 5.91 Å². The van der Waals surface area contributed by atoms with Crippen LogP contribution in [0.4, 0.5) is 0 Å². The summed E-state index contributed by atoms with van der Waals surface area (Å²) in [6, 6.07) is 17.2. The fourth-order valence-electron chi connectivity index (χ4n) is 2.49. The van der Waals surface area contributed by atoms with Crippen molar-refractivity contribution in [3.63, 3.8) is 0 Å². The number of para-hydroxylation sites is 2. The summed E-state index contributed by atoms with van der Waals surface area (Å²) in [5.74, 6) is 1.40. The van der Waals surface area contributed by atoms with Gasteiger partial charge >= 0.3 is 0 Å². The Morgan fingerprint density at radius 2 is 1.74 bits per heavy atom. The number of thiocarbonyl (C=S) groups is 1. The molecule has 0 atom stereocenters. The zero-order chi connectivity index (χ0) is 19.1. The Bertz CT molecular complexity index is 865. The number of benzene rings is 2. The first kappa shape index (κ1) is 19.2. The summed E-state index contributed by atoms with van der Waals surface area (Å²) in [6.45, 7) is 4.91. The third kappa shape index (κ3) is 4.99. The molecule has 1 heterocycles. The maximum absolute atomic E-state index is 12.5. The summed E-state index contributed by atoms with van der Waals surface area (Å²) in [7, 11) is 0. The van der Waals surface area contributed by atoms with Crippen molar-refractivity contribution >= 4 is 40.3 Å². The zero-order valence-corrected chi connectivity index (χ0v) is 16.3. The number of ether oxygens (including phenoxy) is 2. The molecule has 0 bridgehead atoms. The Kier molecular flexibility index (Phi) is 6.68. The minimum atomic E-state index is -0.105. The van der Waals surface area contributed by atoms with Crippen molar-refractivity contribution in [2.75, 3.05) is 19.8 Å². The lowest BCUT2D eigenvalue weighted by Crippen LogP contribution is -2.27. The van der Waals surface area contributed by atoms with Gasteiger partial charge in [-0.15, -0.1) is 6.58 Å². The van der Waals surface area contributed by atoms with Gasteiger partial charge in [-0.1, -0.05) is 66.5 Å². The van der Waals surface area contributed by atoms with Crippen LogP contribution in [-0.2, 0) is 4.79 Å². The first-order chi connectivity index (χ1) is 13.2. The average Bonchev–Trinajstić information content (AvgIpc) is 2.95. The van der Waals surface area contributed by atoms with Gasteiger partial charge in [-0.05, 0) is 24.3 Å². The number of nitrogens with zero attached hydrogens (tertiary/aromatic N) is 1. The molecule has 0 saturated carbocycles. The molecule has 1 amide bonds. The highest BCUT2D eigenvalue weighted by Crippen LogP contribution is 2.34. The molecule has 4 nitrogen and oxygen atoms in total. The van der Waals surface area contributed by atoms with Crippen LogP contribution in [0, 0.1) is 0 Å². The van der Waals surface area contributed by atoms with Gasteiger partial charge < -0.3 is 9.47 Å². The van der Waals surface area contributed by atoms with E-state index in [9.17, 15) is 4.79 Å². The molecule has 0 unspecified atom stereocenters. The highest BCUT2D eigenvalue weighted by Gasteiger charge is 2.31. The summed E-state index contributed by atoms with van der Waals surface area (Å²) in [6.07, 6.45) is 3.48. The minimum absolute atomic E-state index is 0.105. The number of carbonyl (C=O) groups is 1. The molecule has 27 heavy (non-hydrogen) atoms. The Morgan fingerprint density at radius 3 is 2.52 bits per heavy atom. The smallest absolute Gasteiger partial charge is 0.266 e. The third-order valence-electron chi connectivity index (χ3n) is 3.74. The lowest BCUT2D eigenvalue weighted by atomic mass is 10.2. The van der Waals surface area contributed by atoms with Gasteiger partial charge in [-0.25, -0.2) is 0 Å². The quantitative estimate of drug-likeness (QED) is 0.283. The third-order valence-corrected chi connectivity index (χ3v) is 5.12. The van der Waals surface area contributed by atoms with Crippen molar-refractivity contribution in [3.05, 3.63) is 77.7 Å². The second kappa shape index (κ2) is 9.39. The predicted molar refractivity (Wildman–Crippen MR) is 114 cm³/mol. The Balaban J connectivity index is 1.65. The molecule has 0 N–H and O–H groups in total. The SMILES string of the molecule is C=CCN1C(=O)C(=Cc2ccccc2OCCOc2ccccc2)SC1=S. The number of carbonyl (C=O) groups excluding carboxylic acids is 1. The van der Waals surface area contributed by atoms with Gasteiger partial charge in [-0.3, -0.25) is 9.69 Å². The number of rotatable bonds is 8. The standard InChI is InChI=1S/C21H19NO3S2/c1-2-12-22-20(23)19(27-21(22)26)15-16-8-6-7-11-18(16)25-14-13-24-17-9-4-3-5-10-17/h2-11,15H,1,12-14H2. The number of hydrogen-bond acceptors (Lipinski definition) is 5. The molecule has 0 spiro atoms. The van der Waals surface area contributed by atoms with Crippen LogP contribution >= 0.6 is 24.0 Å². The van der Waals surface area contributed by atoms with E-state index in [4.69, 9.17) is 21.7 Å². The van der Waals surface area contributed by atoms with Crippen LogP contribution in [-0.4, -0.2) is 34.9 Å². The van der Waals surface area contributed by atoms with Gasteiger partial charge in [0.2, 0.25) is 0 Å². The van der Waals surface area contributed by atoms with E-state index in [1.165, 1.54) is 16.7 Å². The second-order valence-corrected chi connectivity index (χ2v) is 7.30. The van der Waals surface area contributed by atoms with E-state index in [1.807, 2.05) is 60.7 Å². The van der Waals surface area contributed by atoms with Gasteiger partial charge in [0.15, 0.2) is 0 Å². The molecular formula is C21H19NO3S2. The summed E-state index contributed by atoms with van der Waals surface area (Å²) in [4.78, 5) is 14.6. The van der Waals surface area contributed by atoms with Crippen LogP contribution in [0.3, 0.4) is 0 Å². The molecular weight excluding hydrogens is 378 g/mol. The van der Waals surface area contributed by atoms with Gasteiger partial charge in [0, 0.05) is 12.1 Å². The molecule has 1 fully saturated rings. The lowest BCUT2D eigenvalue weighted by molar-refractivity contribution is -0.121. The molecule has 1 saturated heterocycles. The summed E-state index contributed by atoms with van der Waals surface area (Å²) in [5, 5.41) is 0. The van der Waals surface area contributed by atoms with Gasteiger partial charge in [0.05, 0.1) is 4.91 Å². The number of thioether (sulfide) groups is 1. The van der Waals surface area contributed by atoms with Crippen molar-refractivity contribution in [3.8, 4) is 11.5 Å².